The molecular weight excluding hydrogens is 821 g/mol. The lowest BCUT2D eigenvalue weighted by atomic mass is 9.92. The molecule has 0 unspecified atom stereocenters. The van der Waals surface area contributed by atoms with Crippen molar-refractivity contribution < 1.29 is 0 Å². The molecule has 0 amide bonds. The van der Waals surface area contributed by atoms with Crippen LogP contribution < -0.4 is 0 Å². The highest BCUT2D eigenvalue weighted by atomic mass is 14.9. The van der Waals surface area contributed by atoms with Crippen LogP contribution in [-0.2, 0) is 0 Å². The van der Waals surface area contributed by atoms with E-state index in [4.69, 9.17) is 9.97 Å². The predicted octanol–water partition coefficient (Wildman–Crippen LogP) is 17.8. The Bertz CT molecular complexity index is 3720. The molecule has 1 heterocycles. The number of aromatic nitrogens is 2. The van der Waals surface area contributed by atoms with Crippen molar-refractivity contribution in [1.82, 2.24) is 9.97 Å². The van der Waals surface area contributed by atoms with E-state index in [2.05, 4.69) is 267 Å². The maximum absolute atomic E-state index is 5.50. The summed E-state index contributed by atoms with van der Waals surface area (Å²) in [5.41, 5.74) is 20.2. The number of hydrogen-bond donors (Lipinski definition) is 0. The van der Waals surface area contributed by atoms with Crippen LogP contribution in [0.25, 0.3) is 122 Å². The van der Waals surface area contributed by atoms with E-state index in [1.165, 1.54) is 50.1 Å². The van der Waals surface area contributed by atoms with Crippen LogP contribution in [0.15, 0.2) is 267 Å². The Morgan fingerprint density at radius 3 is 1.03 bits per heavy atom. The van der Waals surface area contributed by atoms with Gasteiger partial charge in [0.05, 0.1) is 11.2 Å². The molecule has 2 nitrogen and oxygen atoms in total. The number of nitrogens with zero attached hydrogens (tertiary/aromatic N) is 2. The molecule has 0 aliphatic rings. The normalized spacial score (nSPS) is 11.2. The summed E-state index contributed by atoms with van der Waals surface area (Å²) in [7, 11) is 0. The molecule has 0 saturated heterocycles. The van der Waals surface area contributed by atoms with Gasteiger partial charge in [-0.1, -0.05) is 212 Å². The predicted molar refractivity (Wildman–Crippen MR) is 286 cm³/mol. The average molecular weight is 865 g/mol. The summed E-state index contributed by atoms with van der Waals surface area (Å²) < 4.78 is 0. The minimum absolute atomic E-state index is 0.689. The van der Waals surface area contributed by atoms with Crippen LogP contribution in [-0.4, -0.2) is 9.97 Å². The van der Waals surface area contributed by atoms with Crippen molar-refractivity contribution in [3.8, 4) is 101 Å². The Morgan fingerprint density at radius 1 is 0.206 bits per heavy atom. The van der Waals surface area contributed by atoms with Crippen molar-refractivity contribution in [1.29, 1.82) is 0 Å². The highest BCUT2D eigenvalue weighted by Crippen LogP contribution is 2.39. The van der Waals surface area contributed by atoms with Crippen LogP contribution >= 0.6 is 0 Å². The first kappa shape index (κ1) is 40.5. The molecule has 0 spiro atoms. The van der Waals surface area contributed by atoms with Crippen LogP contribution in [0.4, 0.5) is 0 Å². The highest BCUT2D eigenvalue weighted by molar-refractivity contribution is 6.12. The van der Waals surface area contributed by atoms with Crippen LogP contribution in [0.1, 0.15) is 0 Å². The van der Waals surface area contributed by atoms with Crippen molar-refractivity contribution in [2.24, 2.45) is 0 Å². The molecule has 0 bridgehead atoms. The van der Waals surface area contributed by atoms with Crippen molar-refractivity contribution in [3.63, 3.8) is 0 Å². The number of benzene rings is 11. The summed E-state index contributed by atoms with van der Waals surface area (Å²) in [6, 6.07) is 95.6. The third-order valence-electron chi connectivity index (χ3n) is 13.0. The van der Waals surface area contributed by atoms with Gasteiger partial charge >= 0.3 is 0 Å². The molecule has 2 heteroatoms. The van der Waals surface area contributed by atoms with Gasteiger partial charge < -0.3 is 0 Å². The lowest BCUT2D eigenvalue weighted by Gasteiger charge is -2.14. The molecule has 1 aromatic heterocycles. The van der Waals surface area contributed by atoms with E-state index in [0.29, 0.717) is 5.82 Å². The zero-order valence-electron chi connectivity index (χ0n) is 37.3. The molecule has 0 atom stereocenters. The van der Waals surface area contributed by atoms with Gasteiger partial charge in [0.25, 0.3) is 0 Å². The van der Waals surface area contributed by atoms with Crippen LogP contribution in [0.3, 0.4) is 0 Å². The maximum atomic E-state index is 5.50. The fourth-order valence-corrected chi connectivity index (χ4v) is 9.58. The first-order valence-corrected chi connectivity index (χ1v) is 23.2. The molecule has 0 aliphatic carbocycles. The zero-order valence-corrected chi connectivity index (χ0v) is 37.3. The van der Waals surface area contributed by atoms with Gasteiger partial charge in [0.15, 0.2) is 5.82 Å². The van der Waals surface area contributed by atoms with E-state index >= 15 is 0 Å². The molecule has 68 heavy (non-hydrogen) atoms. The topological polar surface area (TPSA) is 25.8 Å². The Kier molecular flexibility index (Phi) is 10.6. The Labute approximate surface area is 397 Å². The van der Waals surface area contributed by atoms with Gasteiger partial charge in [0.1, 0.15) is 0 Å². The smallest absolute Gasteiger partial charge is 0.160 e. The van der Waals surface area contributed by atoms with Gasteiger partial charge in [-0.05, 0) is 143 Å². The van der Waals surface area contributed by atoms with Gasteiger partial charge in [0, 0.05) is 16.5 Å². The quantitative estimate of drug-likeness (QED) is 0.135. The molecule has 12 aromatic rings. The van der Waals surface area contributed by atoms with E-state index < -0.39 is 0 Å². The SMILES string of the molecule is c1ccc(-c2cccc(-c3cccc(-c4cccc(-c5nc(-c6cccc(-c7cccc(-c8cc(-c9ccccc9)cc(-c9ccccc9)c8)c7)c6)nc6ccc7ccccc7c56)c4)c3)c2)cc1. The van der Waals surface area contributed by atoms with Crippen LogP contribution in [0.5, 0.6) is 0 Å². The van der Waals surface area contributed by atoms with Crippen molar-refractivity contribution >= 4 is 21.7 Å². The summed E-state index contributed by atoms with van der Waals surface area (Å²) in [6.07, 6.45) is 0. The average Bonchev–Trinajstić information content (AvgIpc) is 3.43. The first-order chi connectivity index (χ1) is 33.7. The monoisotopic (exact) mass is 864 g/mol. The summed E-state index contributed by atoms with van der Waals surface area (Å²) in [6.45, 7) is 0. The second kappa shape index (κ2) is 17.8. The molecule has 12 rings (SSSR count). The van der Waals surface area contributed by atoms with E-state index in [1.807, 2.05) is 0 Å². The van der Waals surface area contributed by atoms with E-state index in [1.54, 1.807) is 0 Å². The lowest BCUT2D eigenvalue weighted by Crippen LogP contribution is -1.96. The summed E-state index contributed by atoms with van der Waals surface area (Å²) in [5, 5.41) is 3.34. The molecule has 0 fully saturated rings. The molecule has 0 N–H and O–H groups in total. The minimum atomic E-state index is 0.689. The van der Waals surface area contributed by atoms with E-state index in [9.17, 15) is 0 Å². The Morgan fingerprint density at radius 2 is 0.529 bits per heavy atom. The van der Waals surface area contributed by atoms with Gasteiger partial charge in [-0.2, -0.15) is 0 Å². The molecule has 0 saturated carbocycles. The van der Waals surface area contributed by atoms with Crippen LogP contribution in [0, 0.1) is 0 Å². The van der Waals surface area contributed by atoms with E-state index in [-0.39, 0.29) is 0 Å². The zero-order chi connectivity index (χ0) is 45.2. The lowest BCUT2D eigenvalue weighted by molar-refractivity contribution is 1.23. The fourth-order valence-electron chi connectivity index (χ4n) is 9.58. The van der Waals surface area contributed by atoms with Crippen molar-refractivity contribution in [3.05, 3.63) is 267 Å². The minimum Gasteiger partial charge on any atom is -0.228 e. The largest absolute Gasteiger partial charge is 0.228 e. The first-order valence-electron chi connectivity index (χ1n) is 23.2. The van der Waals surface area contributed by atoms with Gasteiger partial charge in [0.2, 0.25) is 0 Å². The fraction of sp³-hybridized carbons (Fsp3) is 0. The Balaban J connectivity index is 0.933. The van der Waals surface area contributed by atoms with Gasteiger partial charge in [-0.25, -0.2) is 9.97 Å². The number of fused-ring (bicyclic) bond motifs is 3. The van der Waals surface area contributed by atoms with Crippen molar-refractivity contribution in [2.45, 2.75) is 0 Å². The highest BCUT2D eigenvalue weighted by Gasteiger charge is 2.17. The van der Waals surface area contributed by atoms with E-state index in [0.717, 1.165) is 66.3 Å². The molecule has 11 aromatic carbocycles. The Hall–Kier alpha value is -8.98. The standard InChI is InChI=1S/C66H44N2/c1-4-17-45(18-5-1)49-24-12-25-50(37-49)51-26-13-27-52(38-51)54-29-15-32-57(40-54)65-64-62-34-11-10-23-48(62)35-36-63(64)67-66(68-65)58-33-16-30-55(41-58)53-28-14-31-56(39-53)61-43-59(46-19-6-2-7-20-46)42-60(44-61)47-21-8-3-9-22-47/h1-44H. The van der Waals surface area contributed by atoms with Gasteiger partial charge in [-0.15, -0.1) is 0 Å². The molecule has 318 valence electrons. The summed E-state index contributed by atoms with van der Waals surface area (Å²) >= 11 is 0. The molecule has 0 radical (unpaired) electrons. The third-order valence-corrected chi connectivity index (χ3v) is 13.0. The second-order valence-corrected chi connectivity index (χ2v) is 17.4. The molecular formula is C66H44N2. The summed E-state index contributed by atoms with van der Waals surface area (Å²) in [5.74, 6) is 0.689. The summed E-state index contributed by atoms with van der Waals surface area (Å²) in [4.78, 5) is 10.8. The maximum Gasteiger partial charge on any atom is 0.160 e. The third kappa shape index (κ3) is 8.06. The second-order valence-electron chi connectivity index (χ2n) is 17.4. The number of rotatable bonds is 9. The van der Waals surface area contributed by atoms with Crippen LogP contribution in [0.2, 0.25) is 0 Å². The van der Waals surface area contributed by atoms with Gasteiger partial charge in [-0.3, -0.25) is 0 Å². The van der Waals surface area contributed by atoms with Crippen molar-refractivity contribution in [2.75, 3.05) is 0 Å². The number of hydrogen-bond acceptors (Lipinski definition) is 2. The molecule has 0 aliphatic heterocycles.